The molecule has 0 aromatic heterocycles. The van der Waals surface area contributed by atoms with Crippen molar-refractivity contribution in [2.75, 3.05) is 13.1 Å². The fraction of sp³-hybridized carbons (Fsp3) is 0.550. The van der Waals surface area contributed by atoms with Crippen LogP contribution < -0.4 is 0 Å². The Morgan fingerprint density at radius 2 is 1.88 bits per heavy atom. The van der Waals surface area contributed by atoms with E-state index in [1.54, 1.807) is 9.80 Å². The molecule has 3 atom stereocenters. The Labute approximate surface area is 153 Å². The van der Waals surface area contributed by atoms with Crippen LogP contribution >= 0.6 is 0 Å². The van der Waals surface area contributed by atoms with Crippen LogP contribution in [0.5, 0.6) is 0 Å². The zero-order valence-corrected chi connectivity index (χ0v) is 15.4. The third kappa shape index (κ3) is 3.89. The lowest BCUT2D eigenvalue weighted by Crippen LogP contribution is -2.52. The molecule has 140 valence electrons. The number of likely N-dealkylation sites (tertiary alicyclic amines) is 2. The van der Waals surface area contributed by atoms with Crippen LogP contribution in [0.25, 0.3) is 0 Å². The van der Waals surface area contributed by atoms with E-state index in [1.807, 2.05) is 38.1 Å². The zero-order chi connectivity index (χ0) is 18.8. The first-order valence-corrected chi connectivity index (χ1v) is 9.21. The molecule has 6 heteroatoms. The second-order valence-electron chi connectivity index (χ2n) is 7.68. The van der Waals surface area contributed by atoms with E-state index in [9.17, 15) is 19.5 Å². The van der Waals surface area contributed by atoms with Gasteiger partial charge < -0.3 is 14.9 Å². The Morgan fingerprint density at radius 1 is 1.19 bits per heavy atom. The molecule has 6 nitrogen and oxygen atoms in total. The average molecular weight is 358 g/mol. The molecule has 1 aromatic carbocycles. The van der Waals surface area contributed by atoms with Crippen molar-refractivity contribution in [1.82, 2.24) is 9.80 Å². The van der Waals surface area contributed by atoms with E-state index in [0.717, 1.165) is 11.1 Å². The summed E-state index contributed by atoms with van der Waals surface area (Å²) in [6, 6.07) is 7.47. The Kier molecular flexibility index (Phi) is 5.30. The summed E-state index contributed by atoms with van der Waals surface area (Å²) in [7, 11) is 0. The van der Waals surface area contributed by atoms with Gasteiger partial charge in [0.05, 0.1) is 5.92 Å². The van der Waals surface area contributed by atoms with E-state index >= 15 is 0 Å². The molecule has 2 heterocycles. The zero-order valence-electron chi connectivity index (χ0n) is 15.4. The fourth-order valence-electron chi connectivity index (χ4n) is 4.00. The van der Waals surface area contributed by atoms with E-state index in [1.165, 1.54) is 0 Å². The minimum absolute atomic E-state index is 0.0104. The Hall–Kier alpha value is -2.37. The molecule has 2 aliphatic rings. The van der Waals surface area contributed by atoms with Crippen LogP contribution in [0.3, 0.4) is 0 Å². The van der Waals surface area contributed by atoms with Gasteiger partial charge in [-0.2, -0.15) is 0 Å². The minimum atomic E-state index is -0.853. The third-order valence-corrected chi connectivity index (χ3v) is 5.41. The molecule has 2 saturated heterocycles. The maximum absolute atomic E-state index is 13.1. The molecule has 0 radical (unpaired) electrons. The molecule has 2 aliphatic heterocycles. The lowest BCUT2D eigenvalue weighted by atomic mass is 9.90. The van der Waals surface area contributed by atoms with Crippen LogP contribution in [0.1, 0.15) is 37.3 Å². The van der Waals surface area contributed by atoms with Gasteiger partial charge in [0, 0.05) is 26.1 Å². The predicted octanol–water partition coefficient (Wildman–Crippen LogP) is 2.06. The number of carboxylic acids is 1. The quantitative estimate of drug-likeness (QED) is 0.894. The number of hydrogen-bond acceptors (Lipinski definition) is 3. The van der Waals surface area contributed by atoms with Gasteiger partial charge in [0.15, 0.2) is 0 Å². The number of rotatable bonds is 4. The first-order chi connectivity index (χ1) is 12.3. The largest absolute Gasteiger partial charge is 0.481 e. The van der Waals surface area contributed by atoms with Crippen molar-refractivity contribution in [3.63, 3.8) is 0 Å². The van der Waals surface area contributed by atoms with Crippen molar-refractivity contribution in [1.29, 1.82) is 0 Å². The smallest absolute Gasteiger partial charge is 0.308 e. The molecule has 2 amide bonds. The van der Waals surface area contributed by atoms with E-state index in [2.05, 4.69) is 0 Å². The van der Waals surface area contributed by atoms with Gasteiger partial charge in [0.25, 0.3) is 0 Å². The average Bonchev–Trinajstić information content (AvgIpc) is 2.96. The highest BCUT2D eigenvalue weighted by Crippen LogP contribution is 2.27. The van der Waals surface area contributed by atoms with E-state index in [-0.39, 0.29) is 24.3 Å². The molecular weight excluding hydrogens is 332 g/mol. The number of piperidine rings is 1. The van der Waals surface area contributed by atoms with Crippen LogP contribution in [0, 0.1) is 18.8 Å². The number of carboxylic acid groups (broad SMARTS) is 1. The molecule has 0 aliphatic carbocycles. The lowest BCUT2D eigenvalue weighted by Gasteiger charge is -2.37. The summed E-state index contributed by atoms with van der Waals surface area (Å²) in [5.41, 5.74) is 2.15. The van der Waals surface area contributed by atoms with E-state index in [0.29, 0.717) is 32.4 Å². The summed E-state index contributed by atoms with van der Waals surface area (Å²) in [5, 5.41) is 9.33. The third-order valence-electron chi connectivity index (χ3n) is 5.41. The van der Waals surface area contributed by atoms with Crippen LogP contribution in [-0.4, -0.2) is 51.8 Å². The Balaban J connectivity index is 1.73. The standard InChI is InChI=1S/C20H26N2O4/c1-13-3-5-15(6-4-13)11-22-17(7-8-18(22)23)19(24)21-10-14(2)9-16(12-21)20(25)26/h3-6,14,16-17H,7-12H2,1-2H3,(H,25,26). The molecule has 3 rings (SSSR count). The highest BCUT2D eigenvalue weighted by molar-refractivity contribution is 5.91. The summed E-state index contributed by atoms with van der Waals surface area (Å²) in [5.74, 6) is -1.35. The van der Waals surface area contributed by atoms with Crippen molar-refractivity contribution in [3.8, 4) is 0 Å². The molecule has 26 heavy (non-hydrogen) atoms. The van der Waals surface area contributed by atoms with Gasteiger partial charge >= 0.3 is 5.97 Å². The lowest BCUT2D eigenvalue weighted by molar-refractivity contribution is -0.150. The summed E-state index contributed by atoms with van der Waals surface area (Å²) in [6.45, 7) is 5.20. The molecule has 0 bridgehead atoms. The van der Waals surface area contributed by atoms with Gasteiger partial charge in [0.2, 0.25) is 11.8 Å². The topological polar surface area (TPSA) is 77.9 Å². The van der Waals surface area contributed by atoms with Crippen LogP contribution in [0.2, 0.25) is 0 Å². The number of nitrogens with zero attached hydrogens (tertiary/aromatic N) is 2. The first-order valence-electron chi connectivity index (χ1n) is 9.21. The van der Waals surface area contributed by atoms with Crippen LogP contribution in [-0.2, 0) is 20.9 Å². The highest BCUT2D eigenvalue weighted by atomic mass is 16.4. The van der Waals surface area contributed by atoms with Crippen molar-refractivity contribution >= 4 is 17.8 Å². The van der Waals surface area contributed by atoms with Gasteiger partial charge in [0.1, 0.15) is 6.04 Å². The van der Waals surface area contributed by atoms with Crippen molar-refractivity contribution in [3.05, 3.63) is 35.4 Å². The summed E-state index contributed by atoms with van der Waals surface area (Å²) < 4.78 is 0. The highest BCUT2D eigenvalue weighted by Gasteiger charge is 2.41. The van der Waals surface area contributed by atoms with Crippen molar-refractivity contribution in [2.24, 2.45) is 11.8 Å². The first kappa shape index (κ1) is 18.4. The maximum Gasteiger partial charge on any atom is 0.308 e. The number of carbonyl (C=O) groups excluding carboxylic acids is 2. The number of hydrogen-bond donors (Lipinski definition) is 1. The second kappa shape index (κ2) is 7.48. The predicted molar refractivity (Wildman–Crippen MR) is 96.2 cm³/mol. The van der Waals surface area contributed by atoms with Crippen LogP contribution in [0.4, 0.5) is 0 Å². The van der Waals surface area contributed by atoms with Crippen molar-refractivity contribution < 1.29 is 19.5 Å². The summed E-state index contributed by atoms with van der Waals surface area (Å²) in [4.78, 5) is 40.1. The normalized spacial score (nSPS) is 26.2. The van der Waals surface area contributed by atoms with Gasteiger partial charge in [-0.15, -0.1) is 0 Å². The number of carbonyl (C=O) groups is 3. The SMILES string of the molecule is Cc1ccc(CN2C(=O)CCC2C(=O)N2CC(C)CC(C(=O)O)C2)cc1. The number of aliphatic carboxylic acids is 1. The molecule has 1 aromatic rings. The molecule has 3 unspecified atom stereocenters. The van der Waals surface area contributed by atoms with E-state index < -0.39 is 17.9 Å². The van der Waals surface area contributed by atoms with E-state index in [4.69, 9.17) is 0 Å². The Morgan fingerprint density at radius 3 is 2.54 bits per heavy atom. The van der Waals surface area contributed by atoms with Crippen molar-refractivity contribution in [2.45, 2.75) is 45.7 Å². The van der Waals surface area contributed by atoms with Gasteiger partial charge in [-0.25, -0.2) is 0 Å². The number of amides is 2. The van der Waals surface area contributed by atoms with Crippen LogP contribution in [0.15, 0.2) is 24.3 Å². The molecule has 2 fully saturated rings. The monoisotopic (exact) mass is 358 g/mol. The fourth-order valence-corrected chi connectivity index (χ4v) is 4.00. The van der Waals surface area contributed by atoms with Gasteiger partial charge in [-0.1, -0.05) is 36.8 Å². The van der Waals surface area contributed by atoms with Gasteiger partial charge in [-0.3, -0.25) is 14.4 Å². The van der Waals surface area contributed by atoms with Gasteiger partial charge in [-0.05, 0) is 31.2 Å². The molecular formula is C20H26N2O4. The number of aryl methyl sites for hydroxylation is 1. The molecule has 0 spiro atoms. The minimum Gasteiger partial charge on any atom is -0.481 e. The Bertz CT molecular complexity index is 700. The molecule has 0 saturated carbocycles. The summed E-state index contributed by atoms with van der Waals surface area (Å²) >= 11 is 0. The second-order valence-corrected chi connectivity index (χ2v) is 7.68. The summed E-state index contributed by atoms with van der Waals surface area (Å²) in [6.07, 6.45) is 1.47. The maximum atomic E-state index is 13.1. The molecule has 1 N–H and O–H groups in total. The number of benzene rings is 1.